The van der Waals surface area contributed by atoms with Crippen LogP contribution in [-0.2, 0) is 10.8 Å². The molecule has 0 radical (unpaired) electrons. The molecule has 11 rings (SSSR count). The molecule has 0 bridgehead atoms. The minimum absolute atomic E-state index is 0.209. The van der Waals surface area contributed by atoms with Crippen LogP contribution in [0.3, 0.4) is 0 Å². The molecule has 0 saturated heterocycles. The molecule has 0 atom stereocenters. The van der Waals surface area contributed by atoms with E-state index in [0.717, 1.165) is 17.1 Å². The van der Waals surface area contributed by atoms with Crippen LogP contribution in [0, 0.1) is 0 Å². The highest BCUT2D eigenvalue weighted by atomic mass is 15.1. The van der Waals surface area contributed by atoms with Crippen molar-refractivity contribution < 1.29 is 0 Å². The van der Waals surface area contributed by atoms with Gasteiger partial charge >= 0.3 is 0 Å². The Kier molecular flexibility index (Phi) is 7.50. The van der Waals surface area contributed by atoms with Crippen LogP contribution in [0.5, 0.6) is 0 Å². The summed E-state index contributed by atoms with van der Waals surface area (Å²) in [6, 6.07) is 78.6. The Hall–Kier alpha value is -6.96. The molecule has 9 aromatic carbocycles. The molecule has 57 heavy (non-hydrogen) atoms. The molecule has 270 valence electrons. The molecule has 1 nitrogen and oxygen atoms in total. The second-order valence-corrected chi connectivity index (χ2v) is 16.1. The van der Waals surface area contributed by atoms with Gasteiger partial charge in [-0.3, -0.25) is 0 Å². The summed E-state index contributed by atoms with van der Waals surface area (Å²) in [5.74, 6) is 0. The average Bonchev–Trinajstić information content (AvgIpc) is 3.57. The Morgan fingerprint density at radius 3 is 1.58 bits per heavy atom. The number of nitrogens with zero attached hydrogens (tertiary/aromatic N) is 1. The lowest BCUT2D eigenvalue weighted by Gasteiger charge is -2.46. The van der Waals surface area contributed by atoms with Crippen LogP contribution >= 0.6 is 0 Å². The maximum absolute atomic E-state index is 2.49. The summed E-state index contributed by atoms with van der Waals surface area (Å²) in [5, 5.41) is 2.52. The van der Waals surface area contributed by atoms with Gasteiger partial charge in [-0.05, 0) is 120 Å². The summed E-state index contributed by atoms with van der Waals surface area (Å²) < 4.78 is 0. The van der Waals surface area contributed by atoms with Crippen LogP contribution in [-0.4, -0.2) is 0 Å². The van der Waals surface area contributed by atoms with Crippen LogP contribution in [0.25, 0.3) is 44.2 Å². The van der Waals surface area contributed by atoms with Crippen molar-refractivity contribution in [3.8, 4) is 33.4 Å². The van der Waals surface area contributed by atoms with E-state index in [0.29, 0.717) is 0 Å². The molecule has 1 heteroatoms. The van der Waals surface area contributed by atoms with Crippen molar-refractivity contribution in [2.24, 2.45) is 0 Å². The molecular formula is C56H41N. The zero-order chi connectivity index (χ0) is 38.1. The van der Waals surface area contributed by atoms with E-state index >= 15 is 0 Å². The maximum Gasteiger partial charge on any atom is 0.0719 e. The first kappa shape index (κ1) is 33.4. The van der Waals surface area contributed by atoms with Crippen molar-refractivity contribution in [1.82, 2.24) is 0 Å². The third-order valence-electron chi connectivity index (χ3n) is 12.7. The smallest absolute Gasteiger partial charge is 0.0719 e. The maximum atomic E-state index is 2.49. The summed E-state index contributed by atoms with van der Waals surface area (Å²) in [6.45, 7) is 4.81. The minimum Gasteiger partial charge on any atom is -0.310 e. The highest BCUT2D eigenvalue weighted by Crippen LogP contribution is 2.62. The fourth-order valence-corrected chi connectivity index (χ4v) is 10.1. The van der Waals surface area contributed by atoms with Gasteiger partial charge in [0.1, 0.15) is 0 Å². The predicted octanol–water partition coefficient (Wildman–Crippen LogP) is 14.6. The minimum atomic E-state index is -0.392. The lowest BCUT2D eigenvalue weighted by molar-refractivity contribution is 0.563. The van der Waals surface area contributed by atoms with E-state index < -0.39 is 5.41 Å². The van der Waals surface area contributed by atoms with Gasteiger partial charge in [-0.1, -0.05) is 184 Å². The lowest BCUT2D eigenvalue weighted by atomic mass is 9.55. The third kappa shape index (κ3) is 4.95. The van der Waals surface area contributed by atoms with E-state index in [-0.39, 0.29) is 5.41 Å². The number of fused-ring (bicyclic) bond motifs is 10. The molecule has 0 amide bonds. The standard InChI is InChI=1S/C56H41N/c1-55(2)51-28-12-13-29-52(51)56(49-26-10-8-23-47(49)48-24-9-11-27-50(48)56)53-35-32-41(37-54(53)55)40-18-14-21-44(36-40)57(42-19-4-3-5-20-42)43-33-30-39(31-34-43)46-25-15-17-38-16-6-7-22-45(38)46/h3-37H,1-2H3. The predicted molar refractivity (Wildman–Crippen MR) is 239 cm³/mol. The summed E-state index contributed by atoms with van der Waals surface area (Å²) in [5.41, 5.74) is 18.6. The Morgan fingerprint density at radius 1 is 0.316 bits per heavy atom. The summed E-state index contributed by atoms with van der Waals surface area (Å²) >= 11 is 0. The molecular weight excluding hydrogens is 687 g/mol. The summed E-state index contributed by atoms with van der Waals surface area (Å²) in [6.07, 6.45) is 0. The molecule has 9 aromatic rings. The van der Waals surface area contributed by atoms with E-state index in [1.54, 1.807) is 0 Å². The number of hydrogen-bond acceptors (Lipinski definition) is 1. The van der Waals surface area contributed by atoms with Crippen LogP contribution in [0.4, 0.5) is 17.1 Å². The number of rotatable bonds is 5. The first-order chi connectivity index (χ1) is 28.0. The molecule has 0 heterocycles. The first-order valence-electron chi connectivity index (χ1n) is 20.0. The molecule has 2 aliphatic rings. The van der Waals surface area contributed by atoms with Gasteiger partial charge in [-0.15, -0.1) is 0 Å². The fourth-order valence-electron chi connectivity index (χ4n) is 10.1. The largest absolute Gasteiger partial charge is 0.310 e. The van der Waals surface area contributed by atoms with Gasteiger partial charge in [0.2, 0.25) is 0 Å². The van der Waals surface area contributed by atoms with Gasteiger partial charge in [-0.25, -0.2) is 0 Å². The van der Waals surface area contributed by atoms with Gasteiger partial charge in [0, 0.05) is 22.5 Å². The lowest BCUT2D eigenvalue weighted by Crippen LogP contribution is -2.40. The van der Waals surface area contributed by atoms with E-state index in [9.17, 15) is 0 Å². The van der Waals surface area contributed by atoms with Gasteiger partial charge in [-0.2, -0.15) is 0 Å². The SMILES string of the molecule is CC1(C)c2ccccc2C2(c3ccccc3-c3ccccc32)c2ccc(-c3cccc(N(c4ccccc4)c4ccc(-c5cccc6ccccc56)cc4)c3)cc21. The number of hydrogen-bond donors (Lipinski definition) is 0. The average molecular weight is 728 g/mol. The molecule has 0 aromatic heterocycles. The number of anilines is 3. The Morgan fingerprint density at radius 2 is 0.825 bits per heavy atom. The highest BCUT2D eigenvalue weighted by molar-refractivity contribution is 5.97. The van der Waals surface area contributed by atoms with E-state index in [4.69, 9.17) is 0 Å². The van der Waals surface area contributed by atoms with Gasteiger partial charge in [0.15, 0.2) is 0 Å². The number of benzene rings is 9. The van der Waals surface area contributed by atoms with Crippen molar-refractivity contribution in [3.63, 3.8) is 0 Å². The Balaban J connectivity index is 1.05. The molecule has 0 aliphatic heterocycles. The molecule has 0 unspecified atom stereocenters. The topological polar surface area (TPSA) is 3.24 Å². The zero-order valence-corrected chi connectivity index (χ0v) is 32.2. The van der Waals surface area contributed by atoms with Crippen molar-refractivity contribution in [1.29, 1.82) is 0 Å². The van der Waals surface area contributed by atoms with Crippen molar-refractivity contribution >= 4 is 27.8 Å². The van der Waals surface area contributed by atoms with E-state index in [1.165, 1.54) is 77.5 Å². The second kappa shape index (κ2) is 12.8. The van der Waals surface area contributed by atoms with Gasteiger partial charge in [0.25, 0.3) is 0 Å². The second-order valence-electron chi connectivity index (χ2n) is 16.1. The molecule has 1 spiro atoms. The molecule has 0 saturated carbocycles. The highest BCUT2D eigenvalue weighted by Gasteiger charge is 2.53. The molecule has 0 N–H and O–H groups in total. The van der Waals surface area contributed by atoms with Crippen molar-refractivity contribution in [2.45, 2.75) is 24.7 Å². The fraction of sp³-hybridized carbons (Fsp3) is 0.0714. The Labute approximate surface area is 335 Å². The van der Waals surface area contributed by atoms with Crippen LogP contribution < -0.4 is 4.90 Å². The zero-order valence-electron chi connectivity index (χ0n) is 32.2. The van der Waals surface area contributed by atoms with Crippen LogP contribution in [0.2, 0.25) is 0 Å². The van der Waals surface area contributed by atoms with E-state index in [1.807, 2.05) is 0 Å². The van der Waals surface area contributed by atoms with Crippen LogP contribution in [0.15, 0.2) is 212 Å². The molecule has 0 fully saturated rings. The first-order valence-corrected chi connectivity index (χ1v) is 20.0. The normalized spacial score (nSPS) is 14.1. The van der Waals surface area contributed by atoms with Gasteiger partial charge in [0.05, 0.1) is 5.41 Å². The van der Waals surface area contributed by atoms with Crippen molar-refractivity contribution in [2.75, 3.05) is 4.90 Å². The van der Waals surface area contributed by atoms with Crippen molar-refractivity contribution in [3.05, 3.63) is 246 Å². The number of para-hydroxylation sites is 1. The summed E-state index contributed by atoms with van der Waals surface area (Å²) in [4.78, 5) is 2.37. The third-order valence-corrected chi connectivity index (χ3v) is 12.7. The monoisotopic (exact) mass is 727 g/mol. The quantitative estimate of drug-likeness (QED) is 0.171. The van der Waals surface area contributed by atoms with E-state index in [2.05, 4.69) is 231 Å². The molecule has 2 aliphatic carbocycles. The van der Waals surface area contributed by atoms with Crippen LogP contribution in [0.1, 0.15) is 47.2 Å². The summed E-state index contributed by atoms with van der Waals surface area (Å²) in [7, 11) is 0. The van der Waals surface area contributed by atoms with Gasteiger partial charge < -0.3 is 4.90 Å². The Bertz CT molecular complexity index is 2940.